The zero-order valence-corrected chi connectivity index (χ0v) is 11.9. The van der Waals surface area contributed by atoms with Gasteiger partial charge in [0, 0.05) is 11.3 Å². The van der Waals surface area contributed by atoms with E-state index in [2.05, 4.69) is 9.97 Å². The Morgan fingerprint density at radius 2 is 2.10 bits per heavy atom. The second-order valence-corrected chi connectivity index (χ2v) is 5.74. The third-order valence-corrected chi connectivity index (χ3v) is 4.09. The standard InChI is InChI=1S/C15H16N2O2S/c18-14-12-7-4-8-13(12)16-15(17-14)20-10-9-19-11-5-2-1-3-6-11/h1-3,5-6H,4,7-10H2,(H,16,17,18). The van der Waals surface area contributed by atoms with Crippen molar-refractivity contribution in [1.82, 2.24) is 9.97 Å². The number of hydrogen-bond donors (Lipinski definition) is 1. The average Bonchev–Trinajstić information content (AvgIpc) is 2.94. The van der Waals surface area contributed by atoms with E-state index in [4.69, 9.17) is 4.74 Å². The van der Waals surface area contributed by atoms with Crippen LogP contribution in [0.15, 0.2) is 40.3 Å². The van der Waals surface area contributed by atoms with E-state index in [-0.39, 0.29) is 5.56 Å². The molecule has 3 rings (SSSR count). The highest BCUT2D eigenvalue weighted by atomic mass is 32.2. The second kappa shape index (κ2) is 6.13. The van der Waals surface area contributed by atoms with Gasteiger partial charge < -0.3 is 9.72 Å². The molecule has 1 aliphatic carbocycles. The number of aryl methyl sites for hydroxylation is 1. The predicted molar refractivity (Wildman–Crippen MR) is 79.5 cm³/mol. The van der Waals surface area contributed by atoms with Gasteiger partial charge in [-0.1, -0.05) is 30.0 Å². The van der Waals surface area contributed by atoms with Gasteiger partial charge in [0.25, 0.3) is 5.56 Å². The maximum absolute atomic E-state index is 11.8. The number of aromatic nitrogens is 2. The molecule has 4 nitrogen and oxygen atoms in total. The van der Waals surface area contributed by atoms with Gasteiger partial charge in [-0.15, -0.1) is 0 Å². The molecule has 0 saturated carbocycles. The highest BCUT2D eigenvalue weighted by Gasteiger charge is 2.16. The zero-order valence-electron chi connectivity index (χ0n) is 11.1. The summed E-state index contributed by atoms with van der Waals surface area (Å²) in [6, 6.07) is 9.71. The molecule has 1 N–H and O–H groups in total. The molecule has 0 unspecified atom stereocenters. The van der Waals surface area contributed by atoms with Gasteiger partial charge in [0.2, 0.25) is 0 Å². The summed E-state index contributed by atoms with van der Waals surface area (Å²) in [5.41, 5.74) is 1.87. The van der Waals surface area contributed by atoms with Crippen molar-refractivity contribution in [2.24, 2.45) is 0 Å². The van der Waals surface area contributed by atoms with Gasteiger partial charge in [0.1, 0.15) is 5.75 Å². The van der Waals surface area contributed by atoms with Crippen LogP contribution in [0.25, 0.3) is 0 Å². The minimum atomic E-state index is 0.0268. The minimum absolute atomic E-state index is 0.0268. The molecule has 1 aromatic heterocycles. The quantitative estimate of drug-likeness (QED) is 0.521. The van der Waals surface area contributed by atoms with E-state index in [9.17, 15) is 4.79 Å². The lowest BCUT2D eigenvalue weighted by Gasteiger charge is -2.06. The Balaban J connectivity index is 1.54. The van der Waals surface area contributed by atoms with Crippen LogP contribution < -0.4 is 10.3 Å². The van der Waals surface area contributed by atoms with Crippen LogP contribution in [0.3, 0.4) is 0 Å². The number of thioether (sulfide) groups is 1. The van der Waals surface area contributed by atoms with Crippen LogP contribution >= 0.6 is 11.8 Å². The van der Waals surface area contributed by atoms with E-state index in [1.54, 1.807) is 0 Å². The Morgan fingerprint density at radius 3 is 2.95 bits per heavy atom. The first-order valence-electron chi connectivity index (χ1n) is 6.75. The highest BCUT2D eigenvalue weighted by Crippen LogP contribution is 2.19. The first-order valence-corrected chi connectivity index (χ1v) is 7.74. The van der Waals surface area contributed by atoms with Crippen molar-refractivity contribution >= 4 is 11.8 Å². The van der Waals surface area contributed by atoms with Gasteiger partial charge in [0.05, 0.1) is 12.3 Å². The van der Waals surface area contributed by atoms with E-state index in [1.807, 2.05) is 30.3 Å². The Kier molecular flexibility index (Phi) is 4.06. The Labute approximate surface area is 121 Å². The molecule has 0 radical (unpaired) electrons. The third kappa shape index (κ3) is 3.04. The molecule has 0 atom stereocenters. The molecule has 0 bridgehead atoms. The summed E-state index contributed by atoms with van der Waals surface area (Å²) in [6.07, 6.45) is 2.82. The number of benzene rings is 1. The topological polar surface area (TPSA) is 55.0 Å². The van der Waals surface area contributed by atoms with E-state index < -0.39 is 0 Å². The molecule has 0 spiro atoms. The molecular weight excluding hydrogens is 272 g/mol. The maximum atomic E-state index is 11.8. The van der Waals surface area contributed by atoms with Crippen molar-refractivity contribution in [3.05, 3.63) is 51.9 Å². The van der Waals surface area contributed by atoms with Crippen LogP contribution in [-0.4, -0.2) is 22.3 Å². The molecule has 1 heterocycles. The number of nitrogens with zero attached hydrogens (tertiary/aromatic N) is 1. The van der Waals surface area contributed by atoms with Crippen LogP contribution in [0.2, 0.25) is 0 Å². The molecular formula is C15H16N2O2S. The molecule has 5 heteroatoms. The van der Waals surface area contributed by atoms with E-state index in [0.717, 1.165) is 42.0 Å². The molecule has 0 fully saturated rings. The first kappa shape index (κ1) is 13.2. The summed E-state index contributed by atoms with van der Waals surface area (Å²) in [5, 5.41) is 0.701. The number of fused-ring (bicyclic) bond motifs is 1. The highest BCUT2D eigenvalue weighted by molar-refractivity contribution is 7.99. The van der Waals surface area contributed by atoms with E-state index in [1.165, 1.54) is 11.8 Å². The molecule has 0 aliphatic heterocycles. The number of ether oxygens (including phenoxy) is 1. The number of nitrogens with one attached hydrogen (secondary N) is 1. The summed E-state index contributed by atoms with van der Waals surface area (Å²) >= 11 is 1.53. The van der Waals surface area contributed by atoms with Gasteiger partial charge in [-0.2, -0.15) is 0 Å². The van der Waals surface area contributed by atoms with Crippen LogP contribution in [0.4, 0.5) is 0 Å². The Hall–Kier alpha value is -1.75. The second-order valence-electron chi connectivity index (χ2n) is 4.66. The van der Waals surface area contributed by atoms with Gasteiger partial charge in [0.15, 0.2) is 5.16 Å². The number of H-pyrrole nitrogens is 1. The zero-order chi connectivity index (χ0) is 13.8. The van der Waals surface area contributed by atoms with E-state index >= 15 is 0 Å². The predicted octanol–water partition coefficient (Wildman–Crippen LogP) is 2.43. The monoisotopic (exact) mass is 288 g/mol. The molecule has 1 aliphatic rings. The van der Waals surface area contributed by atoms with Crippen LogP contribution in [0, 0.1) is 0 Å². The van der Waals surface area contributed by atoms with Crippen molar-refractivity contribution in [3.8, 4) is 5.75 Å². The number of para-hydroxylation sites is 1. The van der Waals surface area contributed by atoms with Crippen LogP contribution in [0.5, 0.6) is 5.75 Å². The lowest BCUT2D eigenvalue weighted by molar-refractivity contribution is 0.344. The summed E-state index contributed by atoms with van der Waals surface area (Å²) in [4.78, 5) is 19.2. The fourth-order valence-electron chi connectivity index (χ4n) is 2.30. The summed E-state index contributed by atoms with van der Waals surface area (Å²) < 4.78 is 5.61. The largest absolute Gasteiger partial charge is 0.493 e. The number of hydrogen-bond acceptors (Lipinski definition) is 4. The fraction of sp³-hybridized carbons (Fsp3) is 0.333. The molecule has 20 heavy (non-hydrogen) atoms. The SMILES string of the molecule is O=c1[nH]c(SCCOc2ccccc2)nc2c1CCC2. The van der Waals surface area contributed by atoms with Gasteiger partial charge in [-0.3, -0.25) is 4.79 Å². The van der Waals surface area contributed by atoms with Crippen LogP contribution in [0.1, 0.15) is 17.7 Å². The molecule has 0 saturated heterocycles. The summed E-state index contributed by atoms with van der Waals surface area (Å²) in [5.74, 6) is 1.62. The van der Waals surface area contributed by atoms with Crippen molar-refractivity contribution in [2.45, 2.75) is 24.4 Å². The molecule has 2 aromatic rings. The van der Waals surface area contributed by atoms with E-state index in [0.29, 0.717) is 11.8 Å². The van der Waals surface area contributed by atoms with Gasteiger partial charge in [-0.25, -0.2) is 4.98 Å². The fourth-order valence-corrected chi connectivity index (χ4v) is 3.00. The normalized spacial score (nSPS) is 13.2. The van der Waals surface area contributed by atoms with Crippen molar-refractivity contribution < 1.29 is 4.74 Å². The Morgan fingerprint density at radius 1 is 1.25 bits per heavy atom. The third-order valence-electron chi connectivity index (χ3n) is 3.25. The number of rotatable bonds is 5. The lowest BCUT2D eigenvalue weighted by atomic mass is 10.3. The first-order chi connectivity index (χ1) is 9.83. The van der Waals surface area contributed by atoms with Crippen molar-refractivity contribution in [3.63, 3.8) is 0 Å². The smallest absolute Gasteiger partial charge is 0.254 e. The van der Waals surface area contributed by atoms with Gasteiger partial charge in [-0.05, 0) is 31.4 Å². The average molecular weight is 288 g/mol. The summed E-state index contributed by atoms with van der Waals surface area (Å²) in [6.45, 7) is 0.593. The molecule has 0 amide bonds. The molecule has 104 valence electrons. The number of aromatic amines is 1. The lowest BCUT2D eigenvalue weighted by Crippen LogP contribution is -2.15. The van der Waals surface area contributed by atoms with Crippen LogP contribution in [-0.2, 0) is 12.8 Å². The minimum Gasteiger partial charge on any atom is -0.493 e. The Bertz CT molecular complexity index is 640. The maximum Gasteiger partial charge on any atom is 0.254 e. The molecule has 1 aromatic carbocycles. The van der Waals surface area contributed by atoms with Gasteiger partial charge >= 0.3 is 0 Å². The summed E-state index contributed by atoms with van der Waals surface area (Å²) in [7, 11) is 0. The van der Waals surface area contributed by atoms with Crippen molar-refractivity contribution in [2.75, 3.05) is 12.4 Å². The van der Waals surface area contributed by atoms with Crippen molar-refractivity contribution in [1.29, 1.82) is 0 Å².